The topological polar surface area (TPSA) is 0 Å². The van der Waals surface area contributed by atoms with Gasteiger partial charge in [-0.2, -0.15) is 26.3 Å². The van der Waals surface area contributed by atoms with Crippen LogP contribution < -0.4 is 0 Å². The molecule has 122 valence electrons. The van der Waals surface area contributed by atoms with Gasteiger partial charge in [0.15, 0.2) is 0 Å². The molecule has 0 unspecified atom stereocenters. The third kappa shape index (κ3) is 3.05. The molecule has 0 amide bonds. The molecule has 0 aliphatic carbocycles. The van der Waals surface area contributed by atoms with Crippen molar-refractivity contribution >= 4 is 71.0 Å². The third-order valence-electron chi connectivity index (χ3n) is 1.90. The molecule has 0 saturated carbocycles. The van der Waals surface area contributed by atoms with E-state index < -0.39 is 30.4 Å². The minimum absolute atomic E-state index is 1.01. The fourth-order valence-electron chi connectivity index (χ4n) is 0.750. The van der Waals surface area contributed by atoms with E-state index in [0.717, 1.165) is 31.9 Å². The second-order valence-electron chi connectivity index (χ2n) is 3.29. The van der Waals surface area contributed by atoms with Gasteiger partial charge in [0.05, 0.1) is 0 Å². The van der Waals surface area contributed by atoms with Gasteiger partial charge in [0.25, 0.3) is 4.58 Å². The van der Waals surface area contributed by atoms with Crippen LogP contribution in [0.25, 0.3) is 0 Å². The van der Waals surface area contributed by atoms with Crippen LogP contribution in [-0.4, -0.2) is 30.4 Å². The molecular weight excluding hydrogens is 554 g/mol. The van der Waals surface area contributed by atoms with Gasteiger partial charge < -0.3 is 0 Å². The summed E-state index contributed by atoms with van der Waals surface area (Å²) < 4.78 is 102. The molecule has 0 rings (SSSR count). The van der Waals surface area contributed by atoms with Gasteiger partial charge in [0.2, 0.25) is 0 Å². The van der Waals surface area contributed by atoms with Crippen molar-refractivity contribution < 1.29 is 39.5 Å². The second-order valence-corrected chi connectivity index (χ2v) is 8.02. The quantitative estimate of drug-likeness (QED) is 0.271. The predicted octanol–water partition coefficient (Wildman–Crippen LogP) is 6.47. The van der Waals surface area contributed by atoms with E-state index in [-0.39, 0.29) is 0 Å². The first-order valence-electron chi connectivity index (χ1n) is 3.90. The van der Waals surface area contributed by atoms with Crippen molar-refractivity contribution in [2.75, 3.05) is 0 Å². The monoisotopic (exact) mass is 550 g/mol. The van der Waals surface area contributed by atoms with Gasteiger partial charge in [-0.05, 0) is 59.4 Å². The molecule has 0 aromatic rings. The van der Waals surface area contributed by atoms with E-state index in [1.807, 2.05) is 0 Å². The van der Waals surface area contributed by atoms with E-state index in [0.29, 0.717) is 0 Å². The molecule has 0 spiro atoms. The SMILES string of the molecule is FC(F)(Cl)[C@@](F)(Br)C(F)(F)[C@](F)(Br)C(F)(F)[C@@](F)(Cl)Br. The Labute approximate surface area is 140 Å². The molecule has 0 N–H and O–H groups in total. The maximum atomic E-state index is 13.6. The Morgan fingerprint density at radius 3 is 1.05 bits per heavy atom. The molecule has 0 fully saturated rings. The van der Waals surface area contributed by atoms with Crippen molar-refractivity contribution in [1.82, 2.24) is 0 Å². The Kier molecular flexibility index (Phi) is 5.86. The lowest BCUT2D eigenvalue weighted by Gasteiger charge is -2.42. The zero-order chi connectivity index (χ0) is 17.0. The van der Waals surface area contributed by atoms with Crippen LogP contribution in [0.5, 0.6) is 0 Å². The van der Waals surface area contributed by atoms with Crippen LogP contribution in [0, 0.1) is 0 Å². The van der Waals surface area contributed by atoms with Crippen LogP contribution >= 0.6 is 71.0 Å². The molecule has 0 nitrogen and oxygen atoms in total. The molecule has 0 aromatic heterocycles. The highest BCUT2D eigenvalue weighted by atomic mass is 79.9. The number of halogens is 14. The third-order valence-corrected chi connectivity index (χ3v) is 5.11. The first kappa shape index (κ1) is 21.4. The Morgan fingerprint density at radius 2 is 0.850 bits per heavy atom. The maximum Gasteiger partial charge on any atom is 0.371 e. The number of hydrogen-bond donors (Lipinski definition) is 0. The predicted molar refractivity (Wildman–Crippen MR) is 64.8 cm³/mol. The highest BCUT2D eigenvalue weighted by Gasteiger charge is 2.85. The molecule has 14 heteroatoms. The largest absolute Gasteiger partial charge is 0.371 e. The van der Waals surface area contributed by atoms with Gasteiger partial charge in [-0.25, -0.2) is 13.2 Å². The van der Waals surface area contributed by atoms with E-state index in [1.165, 1.54) is 15.9 Å². The van der Waals surface area contributed by atoms with Crippen LogP contribution in [-0.2, 0) is 0 Å². The summed E-state index contributed by atoms with van der Waals surface area (Å²) in [6, 6.07) is 0. The lowest BCUT2D eigenvalue weighted by molar-refractivity contribution is -0.263. The van der Waals surface area contributed by atoms with Crippen molar-refractivity contribution in [2.24, 2.45) is 0 Å². The molecule has 0 saturated heterocycles. The zero-order valence-electron chi connectivity index (χ0n) is 8.29. The van der Waals surface area contributed by atoms with Crippen molar-refractivity contribution in [3.05, 3.63) is 0 Å². The Bertz CT molecular complexity index is 337. The molecule has 20 heavy (non-hydrogen) atoms. The summed E-state index contributed by atoms with van der Waals surface area (Å²) in [4.78, 5) is 0. The van der Waals surface area contributed by atoms with E-state index >= 15 is 0 Å². The summed E-state index contributed by atoms with van der Waals surface area (Å²) in [5.41, 5.74) is 0. The molecule has 3 atom stereocenters. The molecule has 0 aliphatic rings. The zero-order valence-corrected chi connectivity index (χ0v) is 14.6. The highest BCUT2D eigenvalue weighted by Crippen LogP contribution is 2.64. The minimum Gasteiger partial charge on any atom is -0.217 e. The van der Waals surface area contributed by atoms with E-state index in [2.05, 4.69) is 23.2 Å². The van der Waals surface area contributed by atoms with E-state index in [1.54, 1.807) is 0 Å². The van der Waals surface area contributed by atoms with Crippen molar-refractivity contribution in [1.29, 1.82) is 0 Å². The number of alkyl halides is 14. The molecule has 0 heterocycles. The van der Waals surface area contributed by atoms with Crippen molar-refractivity contribution in [3.63, 3.8) is 0 Å². The molecule has 0 aliphatic heterocycles. The van der Waals surface area contributed by atoms with Crippen LogP contribution in [0.1, 0.15) is 0 Å². The lowest BCUT2D eigenvalue weighted by atomic mass is 10.0. The van der Waals surface area contributed by atoms with E-state index in [4.69, 9.17) is 0 Å². The summed E-state index contributed by atoms with van der Waals surface area (Å²) in [6.45, 7) is 0. The van der Waals surface area contributed by atoms with Gasteiger partial charge >= 0.3 is 25.8 Å². The lowest BCUT2D eigenvalue weighted by Crippen LogP contribution is -2.67. The van der Waals surface area contributed by atoms with Gasteiger partial charge in [-0.3, -0.25) is 0 Å². The van der Waals surface area contributed by atoms with Crippen LogP contribution in [0.4, 0.5) is 39.5 Å². The Morgan fingerprint density at radius 1 is 0.550 bits per heavy atom. The van der Waals surface area contributed by atoms with Crippen LogP contribution in [0.2, 0.25) is 0 Å². The summed E-state index contributed by atoms with van der Waals surface area (Å²) >= 11 is 11.7. The Hall–Kier alpha value is 1.39. The van der Waals surface area contributed by atoms with Crippen molar-refractivity contribution in [3.8, 4) is 0 Å². The number of hydrogen-bond acceptors (Lipinski definition) is 0. The molecule has 0 bridgehead atoms. The van der Waals surface area contributed by atoms with Gasteiger partial charge in [-0.1, -0.05) is 11.6 Å². The smallest absolute Gasteiger partial charge is 0.217 e. The first-order chi connectivity index (χ1) is 8.25. The minimum atomic E-state index is -6.27. The highest BCUT2D eigenvalue weighted by molar-refractivity contribution is 9.11. The van der Waals surface area contributed by atoms with Gasteiger partial charge in [0.1, 0.15) is 0 Å². The van der Waals surface area contributed by atoms with Gasteiger partial charge in [0, 0.05) is 0 Å². The standard InChI is InChI=1S/C6Br3Cl2F9/c7-1(12,4(16,17)5(9,10)18)3(14,15)2(8,13)6(11,19)20/t1-,2-,5+/m1/s1. The normalized spacial score (nSPS) is 23.7. The van der Waals surface area contributed by atoms with Crippen LogP contribution in [0.15, 0.2) is 0 Å². The summed E-state index contributed by atoms with van der Waals surface area (Å²) in [7, 11) is 0. The summed E-state index contributed by atoms with van der Waals surface area (Å²) in [5.74, 6) is -12.2. The second kappa shape index (κ2) is 5.48. The van der Waals surface area contributed by atoms with Gasteiger partial charge in [-0.15, -0.1) is 0 Å². The van der Waals surface area contributed by atoms with Crippen molar-refractivity contribution in [2.45, 2.75) is 30.4 Å². The average Bonchev–Trinajstić information content (AvgIpc) is 2.12. The fraction of sp³-hybridized carbons (Fsp3) is 1.00. The Balaban J connectivity index is 6.08. The first-order valence-corrected chi connectivity index (χ1v) is 7.03. The summed E-state index contributed by atoms with van der Waals surface area (Å²) in [6.07, 6.45) is 0. The van der Waals surface area contributed by atoms with Crippen LogP contribution in [0.3, 0.4) is 0 Å². The number of rotatable bonds is 5. The van der Waals surface area contributed by atoms with E-state index in [9.17, 15) is 39.5 Å². The maximum absolute atomic E-state index is 13.6. The molecule has 0 radical (unpaired) electrons. The summed E-state index contributed by atoms with van der Waals surface area (Å²) in [5, 5.41) is -5.53. The average molecular weight is 554 g/mol. The fourth-order valence-corrected chi connectivity index (χ4v) is 2.74. The molecule has 0 aromatic carbocycles. The molecular formula is C6Br3Cl2F9.